The molecule has 0 saturated carbocycles. The van der Waals surface area contributed by atoms with Gasteiger partial charge < -0.3 is 20.7 Å². The van der Waals surface area contributed by atoms with Gasteiger partial charge in [0.25, 0.3) is 0 Å². The third-order valence-corrected chi connectivity index (χ3v) is 4.18. The Balaban J connectivity index is 1.83. The summed E-state index contributed by atoms with van der Waals surface area (Å²) in [5.41, 5.74) is 5.21. The van der Waals surface area contributed by atoms with Gasteiger partial charge >= 0.3 is 0 Å². The summed E-state index contributed by atoms with van der Waals surface area (Å²) in [6, 6.07) is 0.121. The highest BCUT2D eigenvalue weighted by Crippen LogP contribution is 2.23. The second-order valence-corrected chi connectivity index (χ2v) is 5.48. The summed E-state index contributed by atoms with van der Waals surface area (Å²) < 4.78 is 5.38. The molecule has 2 saturated heterocycles. The number of nitrogens with one attached hydrogen (secondary N) is 1. The van der Waals surface area contributed by atoms with Crippen LogP contribution in [0.5, 0.6) is 0 Å². The average Bonchev–Trinajstić information content (AvgIpc) is 2.86. The highest BCUT2D eigenvalue weighted by molar-refractivity contribution is 5.80. The number of hydrogen-bond acceptors (Lipinski definition) is 4. The maximum absolute atomic E-state index is 12.4. The van der Waals surface area contributed by atoms with Gasteiger partial charge in [-0.3, -0.25) is 9.59 Å². The summed E-state index contributed by atoms with van der Waals surface area (Å²) in [4.78, 5) is 25.2. The molecule has 2 aliphatic rings. The van der Waals surface area contributed by atoms with Crippen LogP contribution in [0.2, 0.25) is 0 Å². The van der Waals surface area contributed by atoms with Gasteiger partial charge in [-0.05, 0) is 25.8 Å². The van der Waals surface area contributed by atoms with Gasteiger partial charge in [0.15, 0.2) is 0 Å². The molecule has 2 atom stereocenters. The minimum Gasteiger partial charge on any atom is -0.379 e. The van der Waals surface area contributed by atoms with Crippen LogP contribution in [0.15, 0.2) is 0 Å². The van der Waals surface area contributed by atoms with Crippen LogP contribution in [0.4, 0.5) is 0 Å². The van der Waals surface area contributed by atoms with E-state index in [9.17, 15) is 9.59 Å². The molecule has 108 valence electrons. The van der Waals surface area contributed by atoms with E-state index in [-0.39, 0.29) is 23.8 Å². The van der Waals surface area contributed by atoms with Crippen LogP contribution in [0.25, 0.3) is 0 Å². The molecule has 0 spiro atoms. The van der Waals surface area contributed by atoms with Crippen LogP contribution >= 0.6 is 0 Å². The minimum atomic E-state index is -0.246. The molecular weight excluding hydrogens is 246 g/mol. The Bertz CT molecular complexity index is 340. The summed E-state index contributed by atoms with van der Waals surface area (Å²) >= 11 is 0. The van der Waals surface area contributed by atoms with Gasteiger partial charge in [-0.15, -0.1) is 0 Å². The van der Waals surface area contributed by atoms with Crippen molar-refractivity contribution in [2.24, 2.45) is 17.6 Å². The predicted octanol–water partition coefficient (Wildman–Crippen LogP) is -0.665. The molecule has 0 aromatic carbocycles. The Morgan fingerprint density at radius 2 is 2.00 bits per heavy atom. The molecule has 6 nitrogen and oxygen atoms in total. The van der Waals surface area contributed by atoms with E-state index in [4.69, 9.17) is 10.5 Å². The monoisotopic (exact) mass is 269 g/mol. The molecule has 2 amide bonds. The fraction of sp³-hybridized carbons (Fsp3) is 0.846. The normalized spacial score (nSPS) is 28.6. The number of rotatable bonds is 4. The van der Waals surface area contributed by atoms with Crippen molar-refractivity contribution in [3.8, 4) is 0 Å². The van der Waals surface area contributed by atoms with Crippen molar-refractivity contribution in [2.45, 2.75) is 25.3 Å². The van der Waals surface area contributed by atoms with Gasteiger partial charge in [0, 0.05) is 25.6 Å². The predicted molar refractivity (Wildman–Crippen MR) is 70.3 cm³/mol. The van der Waals surface area contributed by atoms with Crippen molar-refractivity contribution in [1.82, 2.24) is 10.2 Å². The molecule has 0 aliphatic carbocycles. The number of carbonyl (C=O) groups is 2. The molecule has 2 aliphatic heterocycles. The van der Waals surface area contributed by atoms with Crippen molar-refractivity contribution < 1.29 is 14.3 Å². The molecular formula is C13H23N3O3. The van der Waals surface area contributed by atoms with E-state index < -0.39 is 0 Å². The Kier molecular flexibility index (Phi) is 4.76. The summed E-state index contributed by atoms with van der Waals surface area (Å²) in [6.45, 7) is 2.56. The van der Waals surface area contributed by atoms with Crippen LogP contribution in [0.1, 0.15) is 19.3 Å². The van der Waals surface area contributed by atoms with Gasteiger partial charge in [0.05, 0.1) is 19.1 Å². The van der Waals surface area contributed by atoms with Crippen LogP contribution in [0.3, 0.4) is 0 Å². The lowest BCUT2D eigenvalue weighted by atomic mass is 9.92. The molecule has 2 unspecified atom stereocenters. The molecule has 19 heavy (non-hydrogen) atoms. The van der Waals surface area contributed by atoms with E-state index in [1.54, 1.807) is 0 Å². The summed E-state index contributed by atoms with van der Waals surface area (Å²) in [6.07, 6.45) is 2.17. The summed E-state index contributed by atoms with van der Waals surface area (Å²) in [5, 5.41) is 3.14. The molecule has 2 fully saturated rings. The number of nitrogens with zero attached hydrogens (tertiary/aromatic N) is 1. The maximum Gasteiger partial charge on any atom is 0.229 e. The number of likely N-dealkylation sites (tertiary alicyclic amines) is 1. The molecule has 0 aromatic rings. The van der Waals surface area contributed by atoms with Crippen LogP contribution in [0, 0.1) is 11.8 Å². The number of ether oxygens (including phenoxy) is 1. The summed E-state index contributed by atoms with van der Waals surface area (Å²) in [7, 11) is 1.86. The number of hydrogen-bond donors (Lipinski definition) is 2. The van der Waals surface area contributed by atoms with Crippen molar-refractivity contribution in [3.63, 3.8) is 0 Å². The lowest BCUT2D eigenvalue weighted by molar-refractivity contribution is -0.137. The molecule has 0 aromatic heterocycles. The fourth-order valence-electron chi connectivity index (χ4n) is 2.96. The van der Waals surface area contributed by atoms with Gasteiger partial charge in [-0.2, -0.15) is 0 Å². The molecule has 6 heteroatoms. The van der Waals surface area contributed by atoms with E-state index in [2.05, 4.69) is 5.32 Å². The first-order chi connectivity index (χ1) is 9.11. The number of primary amides is 1. The Hall–Kier alpha value is -1.14. The summed E-state index contributed by atoms with van der Waals surface area (Å²) in [5.74, 6) is 0.192. The number of carbonyl (C=O) groups excluding carboxylic acids is 2. The van der Waals surface area contributed by atoms with Crippen molar-refractivity contribution in [2.75, 3.05) is 33.4 Å². The first-order valence-corrected chi connectivity index (χ1v) is 6.94. The van der Waals surface area contributed by atoms with Gasteiger partial charge in [0.1, 0.15) is 0 Å². The van der Waals surface area contributed by atoms with E-state index >= 15 is 0 Å². The molecule has 3 N–H and O–H groups in total. The lowest BCUT2D eigenvalue weighted by Gasteiger charge is -2.34. The zero-order chi connectivity index (χ0) is 13.8. The second-order valence-electron chi connectivity index (χ2n) is 5.48. The zero-order valence-electron chi connectivity index (χ0n) is 11.4. The highest BCUT2D eigenvalue weighted by atomic mass is 16.5. The topological polar surface area (TPSA) is 84.7 Å². The Morgan fingerprint density at radius 1 is 1.32 bits per heavy atom. The van der Waals surface area contributed by atoms with E-state index in [1.165, 1.54) is 0 Å². The van der Waals surface area contributed by atoms with Crippen LogP contribution in [-0.2, 0) is 14.3 Å². The zero-order valence-corrected chi connectivity index (χ0v) is 11.4. The fourth-order valence-corrected chi connectivity index (χ4v) is 2.96. The second kappa shape index (κ2) is 6.34. The lowest BCUT2D eigenvalue weighted by Crippen LogP contribution is -2.47. The first kappa shape index (κ1) is 14.3. The highest BCUT2D eigenvalue weighted by Gasteiger charge is 2.36. The number of piperidine rings is 1. The van der Waals surface area contributed by atoms with E-state index in [0.717, 1.165) is 25.9 Å². The Morgan fingerprint density at radius 3 is 2.58 bits per heavy atom. The smallest absolute Gasteiger partial charge is 0.229 e. The standard InChI is InChI=1S/C13H23N3O3/c1-15-11-8-19-7-10(11)13(18)16-4-2-9(3-5-16)6-12(14)17/h9-11,15H,2-8H2,1H3,(H2,14,17). The number of nitrogens with two attached hydrogens (primary N) is 1. The van der Waals surface area contributed by atoms with Crippen LogP contribution < -0.4 is 11.1 Å². The maximum atomic E-state index is 12.4. The van der Waals surface area contributed by atoms with Gasteiger partial charge in [-0.25, -0.2) is 0 Å². The first-order valence-electron chi connectivity index (χ1n) is 6.94. The average molecular weight is 269 g/mol. The van der Waals surface area contributed by atoms with Gasteiger partial charge in [-0.1, -0.05) is 0 Å². The molecule has 0 radical (unpaired) electrons. The van der Waals surface area contributed by atoms with Crippen molar-refractivity contribution >= 4 is 11.8 Å². The molecule has 0 bridgehead atoms. The van der Waals surface area contributed by atoms with Crippen molar-refractivity contribution in [3.05, 3.63) is 0 Å². The van der Waals surface area contributed by atoms with Gasteiger partial charge in [0.2, 0.25) is 11.8 Å². The number of likely N-dealkylation sites (N-methyl/N-ethyl adjacent to an activating group) is 1. The SMILES string of the molecule is CNC1COCC1C(=O)N1CCC(CC(N)=O)CC1. The van der Waals surface area contributed by atoms with E-state index in [1.807, 2.05) is 11.9 Å². The molecule has 2 heterocycles. The third-order valence-electron chi connectivity index (χ3n) is 4.18. The third kappa shape index (κ3) is 3.45. The van der Waals surface area contributed by atoms with Crippen molar-refractivity contribution in [1.29, 1.82) is 0 Å². The minimum absolute atomic E-state index is 0.0716. The largest absolute Gasteiger partial charge is 0.379 e. The van der Waals surface area contributed by atoms with Crippen LogP contribution in [-0.4, -0.2) is 56.1 Å². The quantitative estimate of drug-likeness (QED) is 0.709. The Labute approximate surface area is 113 Å². The number of amides is 2. The molecule has 2 rings (SSSR count). The van der Waals surface area contributed by atoms with E-state index in [0.29, 0.717) is 25.6 Å².